The maximum absolute atomic E-state index is 12.8. The van der Waals surface area contributed by atoms with Gasteiger partial charge in [-0.2, -0.15) is 0 Å². The molecule has 1 saturated heterocycles. The first kappa shape index (κ1) is 21.9. The fourth-order valence-electron chi connectivity index (χ4n) is 3.05. The molecular formula is C21H26ClN3O3. The average molecular weight is 404 g/mol. The molecule has 0 saturated carbocycles. The molecule has 0 aromatic heterocycles. The molecule has 0 spiro atoms. The van der Waals surface area contributed by atoms with Gasteiger partial charge in [0.15, 0.2) is 0 Å². The van der Waals surface area contributed by atoms with Crippen molar-refractivity contribution in [3.8, 4) is 0 Å². The number of halogens is 1. The highest BCUT2D eigenvalue weighted by molar-refractivity contribution is 5.98. The van der Waals surface area contributed by atoms with Crippen LogP contribution >= 0.6 is 12.4 Å². The first-order chi connectivity index (χ1) is 13.2. The number of anilines is 1. The Hall–Kier alpha value is -2.41. The summed E-state index contributed by atoms with van der Waals surface area (Å²) in [5, 5.41) is 6.19. The third-order valence-electron chi connectivity index (χ3n) is 4.47. The molecule has 3 rings (SSSR count). The molecule has 2 amide bonds. The van der Waals surface area contributed by atoms with E-state index in [2.05, 4.69) is 10.6 Å². The molecule has 7 heteroatoms. The summed E-state index contributed by atoms with van der Waals surface area (Å²) >= 11 is 0. The first-order valence-electron chi connectivity index (χ1n) is 9.19. The van der Waals surface area contributed by atoms with Crippen molar-refractivity contribution in [1.82, 2.24) is 10.2 Å². The van der Waals surface area contributed by atoms with E-state index in [9.17, 15) is 9.59 Å². The van der Waals surface area contributed by atoms with Crippen LogP contribution in [0, 0.1) is 0 Å². The number of hydrogen-bond acceptors (Lipinski definition) is 4. The van der Waals surface area contributed by atoms with Crippen molar-refractivity contribution in [1.29, 1.82) is 0 Å². The van der Waals surface area contributed by atoms with Crippen LogP contribution in [0.25, 0.3) is 0 Å². The van der Waals surface area contributed by atoms with E-state index in [1.165, 1.54) is 0 Å². The molecule has 150 valence electrons. The normalized spacial score (nSPS) is 16.4. The molecule has 2 N–H and O–H groups in total. The summed E-state index contributed by atoms with van der Waals surface area (Å²) in [6.07, 6.45) is 0. The monoisotopic (exact) mass is 403 g/mol. The van der Waals surface area contributed by atoms with E-state index in [0.717, 1.165) is 24.2 Å². The molecule has 28 heavy (non-hydrogen) atoms. The number of carbonyl (C=O) groups excluding carboxylic acids is 2. The Morgan fingerprint density at radius 2 is 1.89 bits per heavy atom. The van der Waals surface area contributed by atoms with Crippen molar-refractivity contribution in [3.63, 3.8) is 0 Å². The van der Waals surface area contributed by atoms with E-state index in [1.54, 1.807) is 4.90 Å². The molecule has 0 aliphatic carbocycles. The molecule has 0 unspecified atom stereocenters. The molecule has 2 aromatic carbocycles. The number of nitrogens with one attached hydrogen (secondary N) is 2. The summed E-state index contributed by atoms with van der Waals surface area (Å²) in [6, 6.07) is 16.7. The van der Waals surface area contributed by atoms with Crippen LogP contribution in [0.4, 0.5) is 5.69 Å². The van der Waals surface area contributed by atoms with E-state index in [4.69, 9.17) is 4.74 Å². The van der Waals surface area contributed by atoms with Crippen LogP contribution in [0.2, 0.25) is 0 Å². The highest BCUT2D eigenvalue weighted by Crippen LogP contribution is 2.17. The second kappa shape index (κ2) is 10.8. The highest BCUT2D eigenvalue weighted by Gasteiger charge is 2.34. The molecule has 2 aromatic rings. The number of carbonyl (C=O) groups is 2. The maximum atomic E-state index is 12.8. The minimum atomic E-state index is -0.649. The van der Waals surface area contributed by atoms with Crippen molar-refractivity contribution in [2.75, 3.05) is 25.1 Å². The zero-order valence-electron chi connectivity index (χ0n) is 15.9. The Balaban J connectivity index is 0.00000280. The zero-order valence-corrected chi connectivity index (χ0v) is 16.7. The lowest BCUT2D eigenvalue weighted by molar-refractivity contribution is -0.154. The van der Waals surface area contributed by atoms with Crippen molar-refractivity contribution in [3.05, 3.63) is 65.7 Å². The third kappa shape index (κ3) is 5.79. The Morgan fingerprint density at radius 1 is 1.14 bits per heavy atom. The Morgan fingerprint density at radius 3 is 2.64 bits per heavy atom. The molecule has 0 radical (unpaired) electrons. The standard InChI is InChI=1S/C21H25N3O3.ClH/c1-2-22-12-17-9-6-10-18(11-17)23-21(26)19-14-27-15-20(25)24(19)13-16-7-4-3-5-8-16;/h3-11,19,22H,2,12-15H2,1H3,(H,23,26);1H/t19-;/m1./s1. The number of rotatable bonds is 7. The number of amides is 2. The van der Waals surface area contributed by atoms with Crippen LogP contribution in [-0.2, 0) is 27.4 Å². The van der Waals surface area contributed by atoms with Gasteiger partial charge in [0.1, 0.15) is 12.6 Å². The smallest absolute Gasteiger partial charge is 0.249 e. The Bertz CT molecular complexity index is 785. The number of nitrogens with zero attached hydrogens (tertiary/aromatic N) is 1. The van der Waals surface area contributed by atoms with Gasteiger partial charge in [0.05, 0.1) is 6.61 Å². The zero-order chi connectivity index (χ0) is 19.1. The number of benzene rings is 2. The maximum Gasteiger partial charge on any atom is 0.249 e. The van der Waals surface area contributed by atoms with Gasteiger partial charge in [-0.15, -0.1) is 12.4 Å². The third-order valence-corrected chi connectivity index (χ3v) is 4.47. The summed E-state index contributed by atoms with van der Waals surface area (Å²) in [5.41, 5.74) is 2.79. The van der Waals surface area contributed by atoms with Gasteiger partial charge in [0.25, 0.3) is 0 Å². The fourth-order valence-corrected chi connectivity index (χ4v) is 3.05. The van der Waals surface area contributed by atoms with E-state index in [-0.39, 0.29) is 37.4 Å². The molecule has 0 bridgehead atoms. The van der Waals surface area contributed by atoms with Gasteiger partial charge in [0, 0.05) is 18.8 Å². The minimum Gasteiger partial charge on any atom is -0.369 e. The summed E-state index contributed by atoms with van der Waals surface area (Å²) in [6.45, 7) is 4.27. The van der Waals surface area contributed by atoms with E-state index >= 15 is 0 Å². The summed E-state index contributed by atoms with van der Waals surface area (Å²) < 4.78 is 5.34. The predicted octanol–water partition coefficient (Wildman–Crippen LogP) is 2.58. The van der Waals surface area contributed by atoms with Crippen molar-refractivity contribution < 1.29 is 14.3 Å². The molecule has 1 atom stereocenters. The number of morpholine rings is 1. The summed E-state index contributed by atoms with van der Waals surface area (Å²) in [4.78, 5) is 26.8. The van der Waals surface area contributed by atoms with Gasteiger partial charge < -0.3 is 20.3 Å². The molecule has 1 aliphatic rings. The summed E-state index contributed by atoms with van der Waals surface area (Å²) in [7, 11) is 0. The van der Waals surface area contributed by atoms with Crippen LogP contribution in [0.1, 0.15) is 18.1 Å². The van der Waals surface area contributed by atoms with Crippen molar-refractivity contribution >= 4 is 29.9 Å². The lowest BCUT2D eigenvalue weighted by Crippen LogP contribution is -2.54. The lowest BCUT2D eigenvalue weighted by Gasteiger charge is -2.34. The van der Waals surface area contributed by atoms with Gasteiger partial charge in [-0.1, -0.05) is 49.4 Å². The SMILES string of the molecule is CCNCc1cccc(NC(=O)[C@H]2COCC(=O)N2Cc2ccccc2)c1.Cl. The number of ether oxygens (including phenoxy) is 1. The van der Waals surface area contributed by atoms with Gasteiger partial charge in [-0.25, -0.2) is 0 Å². The summed E-state index contributed by atoms with van der Waals surface area (Å²) in [5.74, 6) is -0.411. The quantitative estimate of drug-likeness (QED) is 0.745. The van der Waals surface area contributed by atoms with Crippen LogP contribution in [0.5, 0.6) is 0 Å². The van der Waals surface area contributed by atoms with E-state index in [0.29, 0.717) is 12.2 Å². The minimum absolute atomic E-state index is 0. The fraction of sp³-hybridized carbons (Fsp3) is 0.333. The lowest BCUT2D eigenvalue weighted by atomic mass is 10.1. The number of hydrogen-bond donors (Lipinski definition) is 2. The highest BCUT2D eigenvalue weighted by atomic mass is 35.5. The van der Waals surface area contributed by atoms with Gasteiger partial charge in [0.2, 0.25) is 11.8 Å². The van der Waals surface area contributed by atoms with Crippen molar-refractivity contribution in [2.45, 2.75) is 26.1 Å². The second-order valence-electron chi connectivity index (χ2n) is 6.51. The van der Waals surface area contributed by atoms with Crippen LogP contribution in [0.3, 0.4) is 0 Å². The molecule has 6 nitrogen and oxygen atoms in total. The average Bonchev–Trinajstić information content (AvgIpc) is 2.69. The topological polar surface area (TPSA) is 70.7 Å². The molecule has 1 aliphatic heterocycles. The van der Waals surface area contributed by atoms with Gasteiger partial charge in [-0.3, -0.25) is 9.59 Å². The molecule has 1 heterocycles. The van der Waals surface area contributed by atoms with E-state index in [1.807, 2.05) is 61.5 Å². The largest absolute Gasteiger partial charge is 0.369 e. The first-order valence-corrected chi connectivity index (χ1v) is 9.19. The Labute approximate surface area is 171 Å². The van der Waals surface area contributed by atoms with Gasteiger partial charge >= 0.3 is 0 Å². The van der Waals surface area contributed by atoms with Crippen LogP contribution in [0.15, 0.2) is 54.6 Å². The van der Waals surface area contributed by atoms with Crippen LogP contribution in [-0.4, -0.2) is 42.5 Å². The molecule has 1 fully saturated rings. The second-order valence-corrected chi connectivity index (χ2v) is 6.51. The van der Waals surface area contributed by atoms with E-state index < -0.39 is 6.04 Å². The van der Waals surface area contributed by atoms with Crippen molar-refractivity contribution in [2.24, 2.45) is 0 Å². The van der Waals surface area contributed by atoms with Crippen LogP contribution < -0.4 is 10.6 Å². The molecular weight excluding hydrogens is 378 g/mol. The van der Waals surface area contributed by atoms with Gasteiger partial charge in [-0.05, 0) is 29.8 Å². The predicted molar refractivity (Wildman–Crippen MR) is 111 cm³/mol. The Kier molecular flexibility index (Phi) is 8.44.